The Hall–Kier alpha value is -4.02. The summed E-state index contributed by atoms with van der Waals surface area (Å²) in [6.07, 6.45) is 2.14. The molecule has 11 heteroatoms. The van der Waals surface area contributed by atoms with Crippen LogP contribution in [-0.2, 0) is 23.8 Å². The number of hydrogen-bond donors (Lipinski definition) is 0. The van der Waals surface area contributed by atoms with E-state index in [0.29, 0.717) is 49.6 Å². The Labute approximate surface area is 205 Å². The van der Waals surface area contributed by atoms with Crippen LogP contribution in [0.4, 0.5) is 13.2 Å². The van der Waals surface area contributed by atoms with Crippen molar-refractivity contribution in [3.05, 3.63) is 83.7 Å². The fourth-order valence-electron chi connectivity index (χ4n) is 3.79. The molecule has 0 spiro atoms. The number of halogens is 3. The summed E-state index contributed by atoms with van der Waals surface area (Å²) in [5.74, 6) is 0.108. The van der Waals surface area contributed by atoms with Crippen LogP contribution in [0.5, 0.6) is 5.75 Å². The van der Waals surface area contributed by atoms with Gasteiger partial charge in [-0.1, -0.05) is 18.2 Å². The van der Waals surface area contributed by atoms with Crippen molar-refractivity contribution in [3.8, 4) is 5.75 Å². The molecule has 0 unspecified atom stereocenters. The summed E-state index contributed by atoms with van der Waals surface area (Å²) in [7, 11) is 0. The Bertz CT molecular complexity index is 1180. The van der Waals surface area contributed by atoms with Crippen molar-refractivity contribution in [1.29, 1.82) is 0 Å². The molecule has 36 heavy (non-hydrogen) atoms. The monoisotopic (exact) mass is 499 g/mol. The van der Waals surface area contributed by atoms with Crippen LogP contribution in [0, 0.1) is 0 Å². The van der Waals surface area contributed by atoms with Gasteiger partial charge >= 0.3 is 6.18 Å². The fraction of sp³-hybridized carbons (Fsp3) is 0.320. The van der Waals surface area contributed by atoms with Crippen LogP contribution in [0.15, 0.2) is 61.2 Å². The van der Waals surface area contributed by atoms with Crippen molar-refractivity contribution in [3.63, 3.8) is 0 Å². The molecule has 4 rings (SSSR count). The Morgan fingerprint density at radius 3 is 2.39 bits per heavy atom. The molecule has 0 radical (unpaired) electrons. The van der Waals surface area contributed by atoms with Crippen molar-refractivity contribution < 1.29 is 27.5 Å². The molecular weight excluding hydrogens is 475 g/mol. The maximum Gasteiger partial charge on any atom is 0.416 e. The van der Waals surface area contributed by atoms with Crippen LogP contribution in [-0.4, -0.2) is 69.4 Å². The second-order valence-electron chi connectivity index (χ2n) is 8.22. The quantitative estimate of drug-likeness (QED) is 0.497. The molecule has 3 aromatic rings. The molecular formula is C25H24F3N5O3. The van der Waals surface area contributed by atoms with Gasteiger partial charge in [0.2, 0.25) is 5.91 Å². The number of nitrogens with zero attached hydrogens (tertiary/aromatic N) is 5. The molecule has 0 saturated carbocycles. The first-order valence-corrected chi connectivity index (χ1v) is 11.4. The lowest BCUT2D eigenvalue weighted by molar-refractivity contribution is -0.137. The third-order valence-electron chi connectivity index (χ3n) is 5.74. The van der Waals surface area contributed by atoms with Gasteiger partial charge in [0.25, 0.3) is 5.91 Å². The zero-order valence-electron chi connectivity index (χ0n) is 19.3. The lowest BCUT2D eigenvalue weighted by Gasteiger charge is -2.34. The summed E-state index contributed by atoms with van der Waals surface area (Å²) in [6, 6.07) is 8.27. The van der Waals surface area contributed by atoms with Crippen LogP contribution < -0.4 is 4.74 Å². The van der Waals surface area contributed by atoms with Gasteiger partial charge in [-0.3, -0.25) is 19.6 Å². The van der Waals surface area contributed by atoms with Gasteiger partial charge in [-0.2, -0.15) is 13.2 Å². The number of amides is 2. The van der Waals surface area contributed by atoms with Crippen molar-refractivity contribution >= 4 is 11.8 Å². The standard InChI is InChI=1S/C25H24F3N5O3/c26-25(27,28)19-3-1-2-18(14-19)6-13-36-21-4-5-22(31-17-21)24(35)33-11-9-32(10-12-33)23(34)15-20-16-29-7-8-30-20/h1-5,7-8,14,16-17H,6,9-13,15H2. The number of ether oxygens (including phenoxy) is 1. The number of carbonyl (C=O) groups is 2. The summed E-state index contributed by atoms with van der Waals surface area (Å²) >= 11 is 0. The maximum atomic E-state index is 12.8. The number of benzene rings is 1. The van der Waals surface area contributed by atoms with Crippen molar-refractivity contribution in [2.24, 2.45) is 0 Å². The number of pyridine rings is 1. The van der Waals surface area contributed by atoms with Gasteiger partial charge < -0.3 is 14.5 Å². The second-order valence-corrected chi connectivity index (χ2v) is 8.22. The minimum atomic E-state index is -4.39. The van der Waals surface area contributed by atoms with Crippen molar-refractivity contribution in [2.45, 2.75) is 19.0 Å². The van der Waals surface area contributed by atoms with E-state index < -0.39 is 11.7 Å². The minimum absolute atomic E-state index is 0.0626. The molecule has 0 aliphatic carbocycles. The number of hydrogen-bond acceptors (Lipinski definition) is 6. The summed E-state index contributed by atoms with van der Waals surface area (Å²) in [6.45, 7) is 1.79. The topological polar surface area (TPSA) is 88.5 Å². The van der Waals surface area contributed by atoms with Crippen LogP contribution in [0.2, 0.25) is 0 Å². The van der Waals surface area contributed by atoms with E-state index >= 15 is 0 Å². The maximum absolute atomic E-state index is 12.8. The van der Waals surface area contributed by atoms with E-state index in [1.54, 1.807) is 46.6 Å². The molecule has 188 valence electrons. The zero-order chi connectivity index (χ0) is 25.5. The van der Waals surface area contributed by atoms with E-state index in [1.165, 1.54) is 12.3 Å². The van der Waals surface area contributed by atoms with Gasteiger partial charge in [-0.25, -0.2) is 4.98 Å². The first kappa shape index (κ1) is 25.1. The predicted molar refractivity (Wildman–Crippen MR) is 123 cm³/mol. The number of piperazine rings is 1. The van der Waals surface area contributed by atoms with Gasteiger partial charge in [0.05, 0.1) is 30.5 Å². The average Bonchev–Trinajstić information content (AvgIpc) is 2.89. The SMILES string of the molecule is O=C(Cc1cnccn1)N1CCN(C(=O)c2ccc(OCCc3cccc(C(F)(F)F)c3)cn2)CC1. The Kier molecular flexibility index (Phi) is 7.77. The van der Waals surface area contributed by atoms with Crippen LogP contribution >= 0.6 is 0 Å². The highest BCUT2D eigenvalue weighted by Gasteiger charge is 2.30. The molecule has 0 N–H and O–H groups in total. The Balaban J connectivity index is 1.23. The van der Waals surface area contributed by atoms with Gasteiger partial charge in [-0.05, 0) is 23.8 Å². The highest BCUT2D eigenvalue weighted by molar-refractivity contribution is 5.92. The van der Waals surface area contributed by atoms with Gasteiger partial charge in [-0.15, -0.1) is 0 Å². The highest BCUT2D eigenvalue weighted by Crippen LogP contribution is 2.29. The van der Waals surface area contributed by atoms with Gasteiger partial charge in [0.1, 0.15) is 11.4 Å². The summed E-state index contributed by atoms with van der Waals surface area (Å²) in [5, 5.41) is 0. The predicted octanol–water partition coefficient (Wildman–Crippen LogP) is 3.04. The van der Waals surface area contributed by atoms with E-state index in [4.69, 9.17) is 4.74 Å². The summed E-state index contributed by atoms with van der Waals surface area (Å²) < 4.78 is 44.1. The van der Waals surface area contributed by atoms with Crippen molar-refractivity contribution in [2.75, 3.05) is 32.8 Å². The first-order chi connectivity index (χ1) is 17.3. The summed E-state index contributed by atoms with van der Waals surface area (Å²) in [4.78, 5) is 40.9. The largest absolute Gasteiger partial charge is 0.492 e. The third kappa shape index (κ3) is 6.55. The second kappa shape index (κ2) is 11.1. The summed E-state index contributed by atoms with van der Waals surface area (Å²) in [5.41, 5.74) is 0.668. The van der Waals surface area contributed by atoms with E-state index in [-0.39, 0.29) is 30.5 Å². The van der Waals surface area contributed by atoms with Gasteiger partial charge in [0, 0.05) is 51.2 Å². The average molecular weight is 499 g/mol. The molecule has 1 fully saturated rings. The van der Waals surface area contributed by atoms with E-state index in [2.05, 4.69) is 15.0 Å². The molecule has 0 atom stereocenters. The number of aromatic nitrogens is 3. The van der Waals surface area contributed by atoms with Crippen LogP contribution in [0.1, 0.15) is 27.3 Å². The Morgan fingerprint density at radius 1 is 0.944 bits per heavy atom. The van der Waals surface area contributed by atoms with Crippen LogP contribution in [0.3, 0.4) is 0 Å². The molecule has 1 aromatic carbocycles. The molecule has 2 amide bonds. The smallest absolute Gasteiger partial charge is 0.416 e. The third-order valence-corrected chi connectivity index (χ3v) is 5.74. The molecule has 1 saturated heterocycles. The number of carbonyl (C=O) groups excluding carboxylic acids is 2. The van der Waals surface area contributed by atoms with E-state index in [0.717, 1.165) is 12.1 Å². The molecule has 2 aromatic heterocycles. The van der Waals surface area contributed by atoms with Crippen LogP contribution in [0.25, 0.3) is 0 Å². The zero-order valence-corrected chi connectivity index (χ0v) is 19.3. The van der Waals surface area contributed by atoms with E-state index in [1.807, 2.05) is 0 Å². The molecule has 0 bridgehead atoms. The highest BCUT2D eigenvalue weighted by atomic mass is 19.4. The minimum Gasteiger partial charge on any atom is -0.492 e. The number of alkyl halides is 3. The fourth-order valence-corrected chi connectivity index (χ4v) is 3.79. The lowest BCUT2D eigenvalue weighted by Crippen LogP contribution is -2.51. The Morgan fingerprint density at radius 2 is 1.72 bits per heavy atom. The van der Waals surface area contributed by atoms with Crippen molar-refractivity contribution in [1.82, 2.24) is 24.8 Å². The molecule has 1 aliphatic heterocycles. The molecule has 3 heterocycles. The first-order valence-electron chi connectivity index (χ1n) is 11.4. The van der Waals surface area contributed by atoms with Gasteiger partial charge in [0.15, 0.2) is 0 Å². The lowest BCUT2D eigenvalue weighted by atomic mass is 10.1. The number of rotatable bonds is 7. The molecule has 1 aliphatic rings. The van der Waals surface area contributed by atoms with E-state index in [9.17, 15) is 22.8 Å². The normalized spacial score (nSPS) is 14.0. The molecule has 8 nitrogen and oxygen atoms in total.